The van der Waals surface area contributed by atoms with E-state index in [0.29, 0.717) is 12.2 Å². The molecule has 1 heterocycles. The zero-order valence-electron chi connectivity index (χ0n) is 13.2. The Hall–Kier alpha value is -2.88. The lowest BCUT2D eigenvalue weighted by atomic mass is 10.1. The molecule has 0 atom stereocenters. The van der Waals surface area contributed by atoms with Crippen LogP contribution in [0.5, 0.6) is 5.75 Å². The molecule has 3 rings (SSSR count). The highest BCUT2D eigenvalue weighted by atomic mass is 16.5. The van der Waals surface area contributed by atoms with E-state index in [2.05, 4.69) is 4.99 Å². The summed E-state index contributed by atoms with van der Waals surface area (Å²) < 4.78 is 5.14. The molecule has 0 aromatic heterocycles. The number of carbonyl (C=O) groups is 1. The van der Waals surface area contributed by atoms with Crippen LogP contribution in [0.2, 0.25) is 0 Å². The van der Waals surface area contributed by atoms with Gasteiger partial charge in [-0.25, -0.2) is 4.99 Å². The maximum Gasteiger partial charge on any atom is 0.278 e. The molecule has 0 aliphatic carbocycles. The molecule has 1 amide bonds. The van der Waals surface area contributed by atoms with E-state index in [1.54, 1.807) is 18.1 Å². The van der Waals surface area contributed by atoms with E-state index in [9.17, 15) is 4.79 Å². The van der Waals surface area contributed by atoms with Crippen molar-refractivity contribution in [1.29, 1.82) is 0 Å². The molecular formula is C19H18N2O2. The van der Waals surface area contributed by atoms with Gasteiger partial charge in [0, 0.05) is 0 Å². The zero-order chi connectivity index (χ0) is 16.2. The van der Waals surface area contributed by atoms with Gasteiger partial charge in [-0.1, -0.05) is 42.5 Å². The molecular weight excluding hydrogens is 288 g/mol. The highest BCUT2D eigenvalue weighted by Crippen LogP contribution is 2.21. The number of nitrogens with zero attached hydrogens (tertiary/aromatic N) is 2. The van der Waals surface area contributed by atoms with Crippen LogP contribution in [0, 0.1) is 0 Å². The Balaban J connectivity index is 1.80. The summed E-state index contributed by atoms with van der Waals surface area (Å²) in [6, 6.07) is 17.5. The Morgan fingerprint density at radius 2 is 1.78 bits per heavy atom. The summed E-state index contributed by atoms with van der Waals surface area (Å²) >= 11 is 0. The second-order valence-electron chi connectivity index (χ2n) is 5.34. The van der Waals surface area contributed by atoms with Crippen LogP contribution >= 0.6 is 0 Å². The van der Waals surface area contributed by atoms with Gasteiger partial charge in [-0.2, -0.15) is 0 Å². The summed E-state index contributed by atoms with van der Waals surface area (Å²) in [4.78, 5) is 18.7. The molecule has 0 bridgehead atoms. The van der Waals surface area contributed by atoms with Gasteiger partial charge >= 0.3 is 0 Å². The summed E-state index contributed by atoms with van der Waals surface area (Å²) in [5.41, 5.74) is 2.47. The second-order valence-corrected chi connectivity index (χ2v) is 5.34. The molecule has 2 aromatic rings. The van der Waals surface area contributed by atoms with Gasteiger partial charge in [0.05, 0.1) is 13.7 Å². The van der Waals surface area contributed by atoms with Crippen LogP contribution < -0.4 is 4.74 Å². The van der Waals surface area contributed by atoms with Crippen LogP contribution in [0.15, 0.2) is 65.3 Å². The van der Waals surface area contributed by atoms with Crippen molar-refractivity contribution < 1.29 is 9.53 Å². The molecule has 0 N–H and O–H groups in total. The fourth-order valence-corrected chi connectivity index (χ4v) is 2.47. The van der Waals surface area contributed by atoms with Gasteiger partial charge in [-0.05, 0) is 36.3 Å². The number of benzene rings is 2. The predicted molar refractivity (Wildman–Crippen MR) is 91.1 cm³/mol. The summed E-state index contributed by atoms with van der Waals surface area (Å²) in [5.74, 6) is 1.44. The van der Waals surface area contributed by atoms with Crippen LogP contribution in [0.3, 0.4) is 0 Å². The van der Waals surface area contributed by atoms with Crippen LogP contribution in [0.1, 0.15) is 18.1 Å². The number of aliphatic imine (C=N–C) groups is 1. The monoisotopic (exact) mass is 306 g/mol. The molecule has 1 aliphatic heterocycles. The fraction of sp³-hybridized carbons (Fsp3) is 0.158. The number of hydrogen-bond acceptors (Lipinski definition) is 3. The minimum Gasteiger partial charge on any atom is -0.497 e. The van der Waals surface area contributed by atoms with E-state index in [1.165, 1.54) is 0 Å². The summed E-state index contributed by atoms with van der Waals surface area (Å²) in [6.45, 7) is 2.39. The zero-order valence-corrected chi connectivity index (χ0v) is 13.2. The Bertz CT molecular complexity index is 762. The van der Waals surface area contributed by atoms with Crippen LogP contribution in [0.25, 0.3) is 6.08 Å². The molecule has 0 saturated heterocycles. The highest BCUT2D eigenvalue weighted by molar-refractivity contribution is 6.13. The largest absolute Gasteiger partial charge is 0.497 e. The third-order valence-corrected chi connectivity index (χ3v) is 3.74. The van der Waals surface area contributed by atoms with E-state index in [-0.39, 0.29) is 5.91 Å². The van der Waals surface area contributed by atoms with Gasteiger partial charge < -0.3 is 4.74 Å². The summed E-state index contributed by atoms with van der Waals surface area (Å²) in [7, 11) is 1.63. The first kappa shape index (κ1) is 15.0. The number of carbonyl (C=O) groups excluding carboxylic acids is 1. The number of rotatable bonds is 4. The number of amides is 1. The van der Waals surface area contributed by atoms with E-state index in [4.69, 9.17) is 4.74 Å². The Labute approximate surface area is 135 Å². The van der Waals surface area contributed by atoms with E-state index < -0.39 is 0 Å². The van der Waals surface area contributed by atoms with Gasteiger partial charge in [-0.15, -0.1) is 0 Å². The van der Waals surface area contributed by atoms with Crippen molar-refractivity contribution in [3.63, 3.8) is 0 Å². The van der Waals surface area contributed by atoms with Crippen molar-refractivity contribution in [3.8, 4) is 5.75 Å². The van der Waals surface area contributed by atoms with Gasteiger partial charge in [0.2, 0.25) is 0 Å². The van der Waals surface area contributed by atoms with Crippen LogP contribution in [-0.4, -0.2) is 23.8 Å². The van der Waals surface area contributed by atoms with E-state index in [0.717, 1.165) is 22.7 Å². The van der Waals surface area contributed by atoms with E-state index >= 15 is 0 Å². The highest BCUT2D eigenvalue weighted by Gasteiger charge is 2.27. The fourth-order valence-electron chi connectivity index (χ4n) is 2.47. The Kier molecular flexibility index (Phi) is 4.24. The average molecular weight is 306 g/mol. The first-order valence-electron chi connectivity index (χ1n) is 7.44. The first-order valence-corrected chi connectivity index (χ1v) is 7.44. The topological polar surface area (TPSA) is 41.9 Å². The third kappa shape index (κ3) is 3.31. The van der Waals surface area contributed by atoms with Crippen molar-refractivity contribution in [2.24, 2.45) is 4.99 Å². The standard InChI is InChI=1S/C19H18N2O2/c1-14-20-18(12-15-8-10-17(23-2)11-9-15)19(22)21(14)13-16-6-4-3-5-7-16/h3-12H,13H2,1-2H3/b18-12+. The Morgan fingerprint density at radius 1 is 1.09 bits per heavy atom. The number of ether oxygens (including phenoxy) is 1. The van der Waals surface area contributed by atoms with Crippen molar-refractivity contribution in [2.45, 2.75) is 13.5 Å². The minimum atomic E-state index is -0.0674. The number of methoxy groups -OCH3 is 1. The SMILES string of the molecule is COc1ccc(/C=C2/N=C(C)N(Cc3ccccc3)C2=O)cc1. The lowest BCUT2D eigenvalue weighted by molar-refractivity contribution is -0.123. The summed E-state index contributed by atoms with van der Waals surface area (Å²) in [6.07, 6.45) is 1.80. The molecule has 4 nitrogen and oxygen atoms in total. The van der Waals surface area contributed by atoms with Crippen molar-refractivity contribution in [3.05, 3.63) is 71.4 Å². The van der Waals surface area contributed by atoms with Crippen LogP contribution in [0.4, 0.5) is 0 Å². The predicted octanol–water partition coefficient (Wildman–Crippen LogP) is 3.50. The summed E-state index contributed by atoms with van der Waals surface area (Å²) in [5, 5.41) is 0. The van der Waals surface area contributed by atoms with Gasteiger partial charge in [-0.3, -0.25) is 9.69 Å². The van der Waals surface area contributed by atoms with Crippen molar-refractivity contribution >= 4 is 17.8 Å². The van der Waals surface area contributed by atoms with Gasteiger partial charge in [0.25, 0.3) is 5.91 Å². The molecule has 0 unspecified atom stereocenters. The number of amidine groups is 1. The molecule has 4 heteroatoms. The average Bonchev–Trinajstić information content (AvgIpc) is 2.84. The molecule has 0 spiro atoms. The normalized spacial score (nSPS) is 15.9. The minimum absolute atomic E-state index is 0.0674. The Morgan fingerprint density at radius 3 is 2.43 bits per heavy atom. The lowest BCUT2D eigenvalue weighted by Gasteiger charge is -2.15. The van der Waals surface area contributed by atoms with Gasteiger partial charge in [0.15, 0.2) is 0 Å². The molecule has 116 valence electrons. The second kappa shape index (κ2) is 6.48. The maximum atomic E-state index is 12.6. The molecule has 1 aliphatic rings. The first-order chi connectivity index (χ1) is 11.2. The smallest absolute Gasteiger partial charge is 0.278 e. The molecule has 0 radical (unpaired) electrons. The maximum absolute atomic E-state index is 12.6. The third-order valence-electron chi connectivity index (χ3n) is 3.74. The molecule has 0 saturated carbocycles. The van der Waals surface area contributed by atoms with Crippen molar-refractivity contribution in [2.75, 3.05) is 7.11 Å². The number of hydrogen-bond donors (Lipinski definition) is 0. The quantitative estimate of drug-likeness (QED) is 0.811. The molecule has 2 aromatic carbocycles. The molecule has 0 fully saturated rings. The van der Waals surface area contributed by atoms with E-state index in [1.807, 2.05) is 61.5 Å². The molecule has 23 heavy (non-hydrogen) atoms. The van der Waals surface area contributed by atoms with Gasteiger partial charge in [0.1, 0.15) is 17.3 Å². The van der Waals surface area contributed by atoms with Crippen molar-refractivity contribution in [1.82, 2.24) is 4.90 Å². The van der Waals surface area contributed by atoms with Crippen LogP contribution in [-0.2, 0) is 11.3 Å². The lowest BCUT2D eigenvalue weighted by Crippen LogP contribution is -2.29.